The number of nitrogens with zero attached hydrogens (tertiary/aromatic N) is 1. The van der Waals surface area contributed by atoms with Gasteiger partial charge in [0.1, 0.15) is 0 Å². The number of carbonyl (C=O) groups excluding carboxylic acids is 2. The predicted molar refractivity (Wildman–Crippen MR) is 62.4 cm³/mol. The summed E-state index contributed by atoms with van der Waals surface area (Å²) >= 11 is 0. The zero-order valence-corrected chi connectivity index (χ0v) is 10.2. The number of rotatable bonds is 5. The van der Waals surface area contributed by atoms with Crippen molar-refractivity contribution in [2.24, 2.45) is 5.11 Å². The van der Waals surface area contributed by atoms with Crippen molar-refractivity contribution < 1.29 is 19.1 Å². The smallest absolute Gasteiger partial charge is 0.435 e. The van der Waals surface area contributed by atoms with Crippen LogP contribution in [0.25, 0.3) is 0 Å². The Balaban J connectivity index is 2.91. The molecule has 1 rings (SSSR count). The molecule has 1 aromatic carbocycles. The van der Waals surface area contributed by atoms with Gasteiger partial charge in [-0.05, 0) is 6.92 Å². The van der Waals surface area contributed by atoms with E-state index in [1.165, 1.54) is 6.92 Å². The van der Waals surface area contributed by atoms with Crippen molar-refractivity contribution >= 4 is 11.9 Å². The van der Waals surface area contributed by atoms with Crippen LogP contribution in [0.4, 0.5) is 4.79 Å². The van der Waals surface area contributed by atoms with Crippen LogP contribution < -0.4 is 0 Å². The van der Waals surface area contributed by atoms with Crippen molar-refractivity contribution in [3.05, 3.63) is 35.9 Å². The van der Waals surface area contributed by atoms with Gasteiger partial charge in [-0.3, -0.25) is 4.79 Å². The Kier molecular flexibility index (Phi) is 4.53. The van der Waals surface area contributed by atoms with E-state index >= 15 is 0 Å². The number of carbonyl (C=O) groups is 2. The van der Waals surface area contributed by atoms with Gasteiger partial charge in [0.15, 0.2) is 0 Å². The number of ether oxygens (including phenoxy) is 2. The lowest BCUT2D eigenvalue weighted by molar-refractivity contribution is -0.0142. The third kappa shape index (κ3) is 3.13. The molecule has 0 aliphatic heterocycles. The van der Waals surface area contributed by atoms with E-state index in [4.69, 9.17) is 10.3 Å². The quantitative estimate of drug-likeness (QED) is 0.494. The summed E-state index contributed by atoms with van der Waals surface area (Å²) in [4.78, 5) is 23.3. The van der Waals surface area contributed by atoms with Crippen LogP contribution in [0.5, 0.6) is 0 Å². The molecule has 1 aromatic rings. The van der Waals surface area contributed by atoms with Crippen molar-refractivity contribution in [3.8, 4) is 0 Å². The second-order valence-corrected chi connectivity index (χ2v) is 3.57. The van der Waals surface area contributed by atoms with Crippen molar-refractivity contribution in [2.45, 2.75) is 19.6 Å². The van der Waals surface area contributed by atoms with Gasteiger partial charge in [0.25, 0.3) is 5.72 Å². The molecule has 0 saturated carbocycles. The number of Topliss-reactive ketones (excluding diaryl/α,β-unsaturated/α-hetero) is 1. The molecule has 1 atom stereocenters. The van der Waals surface area contributed by atoms with Gasteiger partial charge in [-0.2, -0.15) is 0 Å². The Morgan fingerprint density at radius 3 is 2.44 bits per heavy atom. The summed E-state index contributed by atoms with van der Waals surface area (Å²) in [6, 6.07) is 8.20. The molecular formula is C12H14N2O4. The van der Waals surface area contributed by atoms with Crippen molar-refractivity contribution in [1.82, 2.24) is 0 Å². The Hall–Kier alpha value is -2.24. The molecule has 6 nitrogen and oxygen atoms in total. The molecule has 0 bridgehead atoms. The fourth-order valence-corrected chi connectivity index (χ4v) is 1.29. The molecule has 0 saturated heterocycles. The molecule has 96 valence electrons. The van der Waals surface area contributed by atoms with Crippen LogP contribution >= 0.6 is 0 Å². The van der Waals surface area contributed by atoms with Gasteiger partial charge in [0.2, 0.25) is 5.78 Å². The summed E-state index contributed by atoms with van der Waals surface area (Å²) in [6.45, 7) is 2.97. The van der Waals surface area contributed by atoms with Crippen LogP contribution in [0.2, 0.25) is 0 Å². The number of benzene rings is 1. The Bertz CT molecular complexity index is 447. The maximum absolute atomic E-state index is 12.1. The summed E-state index contributed by atoms with van der Waals surface area (Å²) in [7, 11) is 0. The lowest BCUT2D eigenvalue weighted by Crippen LogP contribution is -2.38. The molecule has 0 heterocycles. The van der Waals surface area contributed by atoms with E-state index in [2.05, 4.69) is 9.85 Å². The molecule has 0 aliphatic carbocycles. The maximum Gasteiger partial charge on any atom is 0.510 e. The van der Waals surface area contributed by atoms with E-state index in [9.17, 15) is 9.59 Å². The highest BCUT2D eigenvalue weighted by molar-refractivity contribution is 6.02. The number of hydrogen-bond donors (Lipinski definition) is 1. The van der Waals surface area contributed by atoms with E-state index in [1.807, 2.05) is 0 Å². The molecule has 0 aromatic heterocycles. The fourth-order valence-electron chi connectivity index (χ4n) is 1.29. The standard InChI is InChI=1S/C12H14N2O4/c1-3-17-11(16)18-12(2,14-13)10(15)9-7-5-4-6-8-9/h4-8,13H,3H2,1-2H3. The molecule has 6 heteroatoms. The Labute approximate surface area is 104 Å². The summed E-state index contributed by atoms with van der Waals surface area (Å²) < 4.78 is 9.35. The Morgan fingerprint density at radius 2 is 1.94 bits per heavy atom. The monoisotopic (exact) mass is 250 g/mol. The van der Waals surface area contributed by atoms with Crippen molar-refractivity contribution in [3.63, 3.8) is 0 Å². The third-order valence-electron chi connectivity index (χ3n) is 2.21. The van der Waals surface area contributed by atoms with Crippen LogP contribution in [0, 0.1) is 5.53 Å². The summed E-state index contributed by atoms with van der Waals surface area (Å²) in [5.74, 6) is -0.578. The predicted octanol–water partition coefficient (Wildman–Crippen LogP) is 2.79. The van der Waals surface area contributed by atoms with E-state index in [-0.39, 0.29) is 6.61 Å². The molecular weight excluding hydrogens is 236 g/mol. The van der Waals surface area contributed by atoms with Crippen LogP contribution in [0.1, 0.15) is 24.2 Å². The van der Waals surface area contributed by atoms with Crippen molar-refractivity contribution in [2.75, 3.05) is 6.61 Å². The first kappa shape index (κ1) is 13.8. The van der Waals surface area contributed by atoms with E-state index < -0.39 is 17.7 Å². The van der Waals surface area contributed by atoms with E-state index in [0.717, 1.165) is 0 Å². The van der Waals surface area contributed by atoms with Crippen LogP contribution in [0.15, 0.2) is 35.4 Å². The normalized spacial score (nSPS) is 13.2. The average molecular weight is 250 g/mol. The largest absolute Gasteiger partial charge is 0.510 e. The molecule has 0 spiro atoms. The van der Waals surface area contributed by atoms with Gasteiger partial charge in [-0.15, -0.1) is 5.11 Å². The van der Waals surface area contributed by atoms with Gasteiger partial charge >= 0.3 is 6.16 Å². The molecule has 1 unspecified atom stereocenters. The first-order chi connectivity index (χ1) is 8.53. The van der Waals surface area contributed by atoms with E-state index in [1.54, 1.807) is 37.3 Å². The highest BCUT2D eigenvalue weighted by Crippen LogP contribution is 2.20. The third-order valence-corrected chi connectivity index (χ3v) is 2.21. The molecule has 18 heavy (non-hydrogen) atoms. The summed E-state index contributed by atoms with van der Waals surface area (Å²) in [5, 5.41) is 3.10. The minimum absolute atomic E-state index is 0.118. The number of ketones is 1. The SMILES string of the molecule is CCOC(=O)OC(C)(N=N)C(=O)c1ccccc1. The van der Waals surface area contributed by atoms with Crippen LogP contribution in [-0.4, -0.2) is 24.3 Å². The van der Waals surface area contributed by atoms with Gasteiger partial charge in [0.05, 0.1) is 6.61 Å². The lowest BCUT2D eigenvalue weighted by Gasteiger charge is -2.21. The molecule has 0 fully saturated rings. The first-order valence-electron chi connectivity index (χ1n) is 5.37. The zero-order chi connectivity index (χ0) is 13.6. The Morgan fingerprint density at radius 1 is 1.33 bits per heavy atom. The van der Waals surface area contributed by atoms with E-state index in [0.29, 0.717) is 5.56 Å². The average Bonchev–Trinajstić information content (AvgIpc) is 2.39. The number of nitrogens with one attached hydrogen (secondary N) is 1. The molecule has 1 N–H and O–H groups in total. The van der Waals surface area contributed by atoms with Crippen LogP contribution in [0.3, 0.4) is 0 Å². The highest BCUT2D eigenvalue weighted by atomic mass is 16.7. The van der Waals surface area contributed by atoms with Gasteiger partial charge < -0.3 is 9.47 Å². The zero-order valence-electron chi connectivity index (χ0n) is 10.2. The first-order valence-corrected chi connectivity index (χ1v) is 5.37. The minimum Gasteiger partial charge on any atom is -0.435 e. The van der Waals surface area contributed by atoms with Gasteiger partial charge in [-0.1, -0.05) is 30.3 Å². The lowest BCUT2D eigenvalue weighted by atomic mass is 10.0. The maximum atomic E-state index is 12.1. The van der Waals surface area contributed by atoms with Crippen molar-refractivity contribution in [1.29, 1.82) is 5.53 Å². The summed E-state index contributed by atoms with van der Waals surface area (Å²) in [6.07, 6.45) is -1.03. The number of hydrogen-bond acceptors (Lipinski definition) is 6. The van der Waals surface area contributed by atoms with Gasteiger partial charge in [0, 0.05) is 12.5 Å². The fraction of sp³-hybridized carbons (Fsp3) is 0.333. The minimum atomic E-state index is -1.90. The summed E-state index contributed by atoms with van der Waals surface area (Å²) in [5.41, 5.74) is 5.44. The second-order valence-electron chi connectivity index (χ2n) is 3.57. The van der Waals surface area contributed by atoms with Crippen LogP contribution in [-0.2, 0) is 9.47 Å². The molecule has 0 amide bonds. The van der Waals surface area contributed by atoms with Gasteiger partial charge in [-0.25, -0.2) is 10.3 Å². The highest BCUT2D eigenvalue weighted by Gasteiger charge is 2.38. The second kappa shape index (κ2) is 5.90. The topological polar surface area (TPSA) is 88.8 Å². The molecule has 0 aliphatic rings. The molecule has 0 radical (unpaired) electrons.